The molecule has 20 heavy (non-hydrogen) atoms. The maximum absolute atomic E-state index is 3.77. The van der Waals surface area contributed by atoms with Gasteiger partial charge in [-0.25, -0.2) is 0 Å². The predicted molar refractivity (Wildman–Crippen MR) is 94.3 cm³/mol. The smallest absolute Gasteiger partial charge is 0.0323 e. The maximum Gasteiger partial charge on any atom is -0.0323 e. The summed E-state index contributed by atoms with van der Waals surface area (Å²) in [7, 11) is 0. The lowest BCUT2D eigenvalue weighted by atomic mass is 10.0. The van der Waals surface area contributed by atoms with Crippen LogP contribution in [0, 0.1) is 0 Å². The zero-order chi connectivity index (χ0) is 14.9. The van der Waals surface area contributed by atoms with Crippen molar-refractivity contribution in [3.05, 3.63) is 24.3 Å². The monoisotopic (exact) mass is 278 g/mol. The van der Waals surface area contributed by atoms with E-state index in [1.165, 1.54) is 89.9 Å². The highest BCUT2D eigenvalue weighted by Gasteiger charge is 1.94. The van der Waals surface area contributed by atoms with Crippen LogP contribution in [0.15, 0.2) is 24.3 Å². The Labute approximate surface area is 128 Å². The Hall–Kier alpha value is -0.520. The molecule has 0 saturated carbocycles. The van der Waals surface area contributed by atoms with Crippen LogP contribution in [-0.2, 0) is 0 Å². The molecule has 118 valence electrons. The minimum absolute atomic E-state index is 1.19. The molecule has 0 unspecified atom stereocenters. The number of hydrogen-bond donors (Lipinski definition) is 0. The van der Waals surface area contributed by atoms with Crippen LogP contribution in [0.1, 0.15) is 104 Å². The summed E-state index contributed by atoms with van der Waals surface area (Å²) < 4.78 is 0. The fourth-order valence-electron chi connectivity index (χ4n) is 2.60. The highest BCUT2D eigenvalue weighted by atomic mass is 14.0. The Bertz CT molecular complexity index is 224. The van der Waals surface area contributed by atoms with Crippen molar-refractivity contribution in [2.75, 3.05) is 0 Å². The Morgan fingerprint density at radius 2 is 1.30 bits per heavy atom. The van der Waals surface area contributed by atoms with Gasteiger partial charge in [-0.2, -0.15) is 0 Å². The second-order valence-electron chi connectivity index (χ2n) is 6.20. The first-order valence-electron chi connectivity index (χ1n) is 9.07. The van der Waals surface area contributed by atoms with E-state index >= 15 is 0 Å². The van der Waals surface area contributed by atoms with Crippen molar-refractivity contribution in [3.63, 3.8) is 0 Å². The van der Waals surface area contributed by atoms with Gasteiger partial charge < -0.3 is 0 Å². The van der Waals surface area contributed by atoms with Crippen LogP contribution in [0.2, 0.25) is 0 Å². The van der Waals surface area contributed by atoms with Gasteiger partial charge in [-0.05, 0) is 45.4 Å². The lowest BCUT2D eigenvalue weighted by Gasteiger charge is -2.03. The zero-order valence-corrected chi connectivity index (χ0v) is 14.3. The maximum atomic E-state index is 3.77. The van der Waals surface area contributed by atoms with Crippen molar-refractivity contribution in [3.8, 4) is 0 Å². The van der Waals surface area contributed by atoms with Gasteiger partial charge in [0, 0.05) is 0 Å². The fraction of sp³-hybridized carbons (Fsp3) is 0.800. The minimum atomic E-state index is 1.19. The van der Waals surface area contributed by atoms with E-state index in [1.807, 2.05) is 6.08 Å². The molecule has 0 rings (SSSR count). The molecule has 0 aliphatic rings. The molecule has 0 saturated heterocycles. The van der Waals surface area contributed by atoms with Crippen molar-refractivity contribution in [1.82, 2.24) is 0 Å². The molecule has 0 aliphatic carbocycles. The lowest BCUT2D eigenvalue weighted by Crippen LogP contribution is -1.83. The second-order valence-corrected chi connectivity index (χ2v) is 6.20. The fourth-order valence-corrected chi connectivity index (χ4v) is 2.60. The summed E-state index contributed by atoms with van der Waals surface area (Å²) in [6.07, 6.45) is 23.7. The van der Waals surface area contributed by atoms with Gasteiger partial charge in [0.1, 0.15) is 0 Å². The van der Waals surface area contributed by atoms with E-state index in [-0.39, 0.29) is 0 Å². The zero-order valence-electron chi connectivity index (χ0n) is 14.3. The first kappa shape index (κ1) is 19.5. The summed E-state index contributed by atoms with van der Waals surface area (Å²) in [5.74, 6) is 0. The van der Waals surface area contributed by atoms with Crippen molar-refractivity contribution in [1.29, 1.82) is 0 Å². The van der Waals surface area contributed by atoms with Crippen LogP contribution in [-0.4, -0.2) is 0 Å². The highest BCUT2D eigenvalue weighted by Crippen LogP contribution is 2.14. The first-order chi connectivity index (χ1) is 9.81. The minimum Gasteiger partial charge on any atom is -0.103 e. The van der Waals surface area contributed by atoms with Gasteiger partial charge in [0.05, 0.1) is 0 Å². The molecule has 0 bridgehead atoms. The molecule has 0 nitrogen and oxygen atoms in total. The van der Waals surface area contributed by atoms with Crippen molar-refractivity contribution < 1.29 is 0 Å². The first-order valence-corrected chi connectivity index (χ1v) is 9.07. The Morgan fingerprint density at radius 1 is 0.750 bits per heavy atom. The molecule has 0 radical (unpaired) electrons. The van der Waals surface area contributed by atoms with Crippen LogP contribution in [0.5, 0.6) is 0 Å². The van der Waals surface area contributed by atoms with E-state index in [0.717, 1.165) is 0 Å². The van der Waals surface area contributed by atoms with Gasteiger partial charge in [0.15, 0.2) is 0 Å². The molecular weight excluding hydrogens is 240 g/mol. The average molecular weight is 279 g/mol. The number of hydrogen-bond acceptors (Lipinski definition) is 0. The molecule has 0 fully saturated rings. The highest BCUT2D eigenvalue weighted by molar-refractivity contribution is 4.97. The van der Waals surface area contributed by atoms with Gasteiger partial charge in [-0.3, -0.25) is 0 Å². The van der Waals surface area contributed by atoms with Crippen LogP contribution >= 0.6 is 0 Å². The molecule has 0 heteroatoms. The third-order valence-corrected chi connectivity index (χ3v) is 4.03. The Kier molecular flexibility index (Phi) is 16.1. The van der Waals surface area contributed by atoms with Crippen molar-refractivity contribution in [2.24, 2.45) is 0 Å². The van der Waals surface area contributed by atoms with Crippen LogP contribution < -0.4 is 0 Å². The van der Waals surface area contributed by atoms with Crippen molar-refractivity contribution >= 4 is 0 Å². The van der Waals surface area contributed by atoms with Gasteiger partial charge >= 0.3 is 0 Å². The van der Waals surface area contributed by atoms with E-state index in [0.29, 0.717) is 0 Å². The van der Waals surface area contributed by atoms with Crippen LogP contribution in [0.25, 0.3) is 0 Å². The normalized spacial score (nSPS) is 11.8. The van der Waals surface area contributed by atoms with E-state index in [4.69, 9.17) is 0 Å². The Balaban J connectivity index is 3.26. The number of unbranched alkanes of at least 4 members (excludes halogenated alkanes) is 11. The van der Waals surface area contributed by atoms with Gasteiger partial charge in [0.25, 0.3) is 0 Å². The molecule has 0 N–H and O–H groups in total. The molecule has 0 aromatic heterocycles. The van der Waals surface area contributed by atoms with Gasteiger partial charge in [-0.15, -0.1) is 6.58 Å². The summed E-state index contributed by atoms with van der Waals surface area (Å²) in [4.78, 5) is 0. The largest absolute Gasteiger partial charge is 0.103 e. The molecule has 0 spiro atoms. The van der Waals surface area contributed by atoms with E-state index in [2.05, 4.69) is 26.5 Å². The molecule has 0 aromatic rings. The van der Waals surface area contributed by atoms with Crippen molar-refractivity contribution in [2.45, 2.75) is 104 Å². The lowest BCUT2D eigenvalue weighted by molar-refractivity contribution is 0.595. The average Bonchev–Trinajstić information content (AvgIpc) is 2.45. The molecule has 0 heterocycles. The van der Waals surface area contributed by atoms with E-state index in [9.17, 15) is 0 Å². The quantitative estimate of drug-likeness (QED) is 0.214. The molecular formula is C20H38. The molecule has 0 amide bonds. The summed E-state index contributed by atoms with van der Waals surface area (Å²) >= 11 is 0. The summed E-state index contributed by atoms with van der Waals surface area (Å²) in [6.45, 7) is 8.36. The third-order valence-electron chi connectivity index (χ3n) is 4.03. The summed E-state index contributed by atoms with van der Waals surface area (Å²) in [5, 5.41) is 0. The topological polar surface area (TPSA) is 0 Å². The number of allylic oxidation sites excluding steroid dienone is 3. The molecule has 0 aliphatic heterocycles. The van der Waals surface area contributed by atoms with Crippen LogP contribution in [0.4, 0.5) is 0 Å². The molecule has 0 aromatic carbocycles. The predicted octanol–water partition coefficient (Wildman–Crippen LogP) is 7.60. The Morgan fingerprint density at radius 3 is 1.95 bits per heavy atom. The van der Waals surface area contributed by atoms with E-state index in [1.54, 1.807) is 5.57 Å². The van der Waals surface area contributed by atoms with Crippen LogP contribution in [0.3, 0.4) is 0 Å². The second kappa shape index (κ2) is 16.5. The third kappa shape index (κ3) is 15.5. The van der Waals surface area contributed by atoms with E-state index < -0.39 is 0 Å². The summed E-state index contributed by atoms with van der Waals surface area (Å²) in [5.41, 5.74) is 1.62. The van der Waals surface area contributed by atoms with Gasteiger partial charge in [-0.1, -0.05) is 76.0 Å². The summed E-state index contributed by atoms with van der Waals surface area (Å²) in [6, 6.07) is 0. The standard InChI is InChI=1S/C20H38/c1-4-6-8-10-12-13-15-17-19-20(3)18-16-14-11-9-7-5-2/h4,18H,1,5-17,19H2,2-3H3. The SMILES string of the molecule is C=CCCCCCCCCC(C)=CCCCCCCC. The van der Waals surface area contributed by atoms with Gasteiger partial charge in [0.2, 0.25) is 0 Å². The molecule has 0 atom stereocenters. The number of rotatable bonds is 15.